The van der Waals surface area contributed by atoms with Crippen LogP contribution in [0, 0.1) is 25.7 Å². The van der Waals surface area contributed by atoms with Crippen LogP contribution in [0.25, 0.3) is 10.9 Å². The fraction of sp³-hybridized carbons (Fsp3) is 0.371. The van der Waals surface area contributed by atoms with E-state index >= 15 is 0 Å². The molecule has 49 heavy (non-hydrogen) atoms. The van der Waals surface area contributed by atoms with Gasteiger partial charge in [-0.05, 0) is 79.3 Å². The van der Waals surface area contributed by atoms with Crippen molar-refractivity contribution in [2.75, 3.05) is 17.8 Å². The van der Waals surface area contributed by atoms with Crippen LogP contribution in [0.1, 0.15) is 68.9 Å². The maximum absolute atomic E-state index is 12.8. The van der Waals surface area contributed by atoms with Gasteiger partial charge in [0.05, 0.1) is 32.1 Å². The average Bonchev–Trinajstić information content (AvgIpc) is 3.00. The molecule has 1 aromatic heterocycles. The van der Waals surface area contributed by atoms with Gasteiger partial charge in [-0.2, -0.15) is 19.2 Å². The molecule has 0 unspecified atom stereocenters. The Hall–Kier alpha value is -3.76. The van der Waals surface area contributed by atoms with Gasteiger partial charge in [-0.3, -0.25) is 19.2 Å². The Morgan fingerprint density at radius 1 is 0.878 bits per heavy atom. The molecular weight excluding hydrogens is 711 g/mol. The van der Waals surface area contributed by atoms with Gasteiger partial charge in [-0.15, -0.1) is 23.5 Å². The highest BCUT2D eigenvalue weighted by atomic mass is 35.5. The fourth-order valence-corrected chi connectivity index (χ4v) is 5.76. The monoisotopic (exact) mass is 750 g/mol. The van der Waals surface area contributed by atoms with Crippen LogP contribution in [-0.4, -0.2) is 47.3 Å². The molecule has 264 valence electrons. The van der Waals surface area contributed by atoms with Crippen LogP contribution in [0.2, 0.25) is 10.0 Å². The molecule has 0 atom stereocenters. The number of Topliss-reactive ketones (excluding diaryl/α,β-unsaturated/α-hetero) is 2. The summed E-state index contributed by atoms with van der Waals surface area (Å²) in [7, 11) is 0. The molecule has 0 spiro atoms. The number of amides is 1. The number of aryl methyl sites for hydroxylation is 2. The highest BCUT2D eigenvalue weighted by Crippen LogP contribution is 2.28. The van der Waals surface area contributed by atoms with E-state index in [0.29, 0.717) is 44.5 Å². The molecule has 14 heteroatoms. The molecule has 0 saturated carbocycles. The topological polar surface area (TPSA) is 164 Å². The lowest BCUT2D eigenvalue weighted by Crippen LogP contribution is -2.23. The molecular formula is C35H40Cl2N2O8S2. The highest BCUT2D eigenvalue weighted by Gasteiger charge is 2.23. The summed E-state index contributed by atoms with van der Waals surface area (Å²) in [6.45, 7) is 13.4. The lowest BCUT2D eigenvalue weighted by molar-refractivity contribution is -0.193. The molecule has 1 amide bonds. The summed E-state index contributed by atoms with van der Waals surface area (Å²) in [4.78, 5) is 86.5. The summed E-state index contributed by atoms with van der Waals surface area (Å²) in [5.74, 6) is -0.217. The number of H-pyrrole nitrogens is 1. The van der Waals surface area contributed by atoms with Gasteiger partial charge >= 0.3 is 12.3 Å². The van der Waals surface area contributed by atoms with Crippen LogP contribution in [0.4, 0.5) is 5.69 Å². The van der Waals surface area contributed by atoms with Crippen molar-refractivity contribution in [3.63, 3.8) is 0 Å². The van der Waals surface area contributed by atoms with Gasteiger partial charge in [0.2, 0.25) is 5.43 Å². The number of carbonyl (C=O) groups excluding carboxylic acids is 7. The summed E-state index contributed by atoms with van der Waals surface area (Å²) in [5, 5.41) is 4.74. The lowest BCUT2D eigenvalue weighted by atomic mass is 10.00. The number of hydrogen-bond acceptors (Lipinski definition) is 10. The molecule has 10 nitrogen and oxygen atoms in total. The van der Waals surface area contributed by atoms with Crippen LogP contribution in [-0.2, 0) is 28.8 Å². The Morgan fingerprint density at radius 2 is 1.41 bits per heavy atom. The minimum atomic E-state index is -0.372. The smallest absolute Gasteiger partial charge is 0.349 e. The second-order valence-electron chi connectivity index (χ2n) is 11.2. The molecule has 0 radical (unpaired) electrons. The Bertz CT molecular complexity index is 1790. The van der Waals surface area contributed by atoms with Crippen molar-refractivity contribution >= 4 is 93.1 Å². The van der Waals surface area contributed by atoms with Crippen molar-refractivity contribution < 1.29 is 33.6 Å². The van der Waals surface area contributed by atoms with E-state index in [-0.39, 0.29) is 58.2 Å². The van der Waals surface area contributed by atoms with Crippen molar-refractivity contribution in [3.8, 4) is 0 Å². The molecule has 1 heterocycles. The third-order valence-corrected chi connectivity index (χ3v) is 8.65. The second-order valence-corrected chi connectivity index (χ2v) is 13.9. The minimum absolute atomic E-state index is 0.126. The Kier molecular flexibility index (Phi) is 21.0. The van der Waals surface area contributed by atoms with Gasteiger partial charge < -0.3 is 10.3 Å². The number of halogens is 2. The summed E-state index contributed by atoms with van der Waals surface area (Å²) >= 11 is 14.9. The second kappa shape index (κ2) is 22.8. The molecule has 2 aromatic carbocycles. The number of ketones is 2. The first-order valence-electron chi connectivity index (χ1n) is 14.7. The zero-order chi connectivity index (χ0) is 38.0. The lowest BCUT2D eigenvalue weighted by Gasteiger charge is -2.13. The first-order chi connectivity index (χ1) is 22.9. The van der Waals surface area contributed by atoms with Gasteiger partial charge in [-0.25, -0.2) is 0 Å². The number of thioether (sulfide) groups is 2. The Balaban J connectivity index is 0.000000810. The average molecular weight is 752 g/mol. The molecule has 3 rings (SSSR count). The molecule has 2 N–H and O–H groups in total. The van der Waals surface area contributed by atoms with E-state index in [2.05, 4.69) is 10.3 Å². The largest absolute Gasteiger partial charge is 0.373 e. The number of hydrogen-bond donors (Lipinski definition) is 2. The standard InChI is InChI=1S/C17H22ClNO2S.C16H18ClNO2S.2CO2/c1-10(2)8-15(20)16(12(4)22-5)17(21)19-14-9-13(18)7-6-11(14)3;1-8(2)7-11(19)13-15(20)12-10(17)6-5-9(3)14(12)18-16(13)21-4;2*2-1-3/h6-7,9-10H,8H2,1-5H3,(H,19,21);5-6,8H,7H2,1-4H3,(H,18,20);;/b16-12+;;;. The molecule has 3 aromatic rings. The van der Waals surface area contributed by atoms with Gasteiger partial charge in [0.1, 0.15) is 0 Å². The number of rotatable bonds is 10. The summed E-state index contributed by atoms with van der Waals surface area (Å²) < 4.78 is 0. The van der Waals surface area contributed by atoms with E-state index in [4.69, 9.17) is 42.4 Å². The minimum Gasteiger partial charge on any atom is -0.349 e. The first-order valence-corrected chi connectivity index (χ1v) is 17.9. The number of fused-ring (bicyclic) bond motifs is 1. The van der Waals surface area contributed by atoms with Crippen molar-refractivity contribution in [3.05, 3.63) is 77.8 Å². The number of carbonyl (C=O) groups is 3. The summed E-state index contributed by atoms with van der Waals surface area (Å²) in [6.07, 6.45) is 4.92. The van der Waals surface area contributed by atoms with Crippen LogP contribution >= 0.6 is 46.7 Å². The van der Waals surface area contributed by atoms with E-state index in [9.17, 15) is 19.2 Å². The third-order valence-electron chi connectivity index (χ3n) is 6.56. The number of nitrogens with one attached hydrogen (secondary N) is 2. The van der Waals surface area contributed by atoms with E-state index in [1.165, 1.54) is 23.5 Å². The fourth-order valence-electron chi connectivity index (χ4n) is 4.32. The predicted molar refractivity (Wildman–Crippen MR) is 195 cm³/mol. The summed E-state index contributed by atoms with van der Waals surface area (Å²) in [6, 6.07) is 8.84. The predicted octanol–water partition coefficient (Wildman–Crippen LogP) is 8.11. The van der Waals surface area contributed by atoms with E-state index in [1.807, 2.05) is 66.2 Å². The number of pyridine rings is 1. The maximum atomic E-state index is 12.8. The van der Waals surface area contributed by atoms with E-state index in [0.717, 1.165) is 16.0 Å². The van der Waals surface area contributed by atoms with Gasteiger partial charge in [-0.1, -0.05) is 63.0 Å². The molecule has 0 aliphatic carbocycles. The zero-order valence-corrected chi connectivity index (χ0v) is 31.9. The molecule has 0 bridgehead atoms. The number of allylic oxidation sites excluding steroid dienone is 1. The normalized spacial score (nSPS) is 10.6. The van der Waals surface area contributed by atoms with Crippen LogP contribution < -0.4 is 10.7 Å². The number of anilines is 1. The molecule has 0 fully saturated rings. The quantitative estimate of drug-likeness (QED) is 0.0680. The van der Waals surface area contributed by atoms with Crippen LogP contribution in [0.3, 0.4) is 0 Å². The Labute approximate surface area is 304 Å². The molecule has 0 aliphatic heterocycles. The zero-order valence-electron chi connectivity index (χ0n) is 28.8. The van der Waals surface area contributed by atoms with Crippen molar-refractivity contribution in [2.24, 2.45) is 11.8 Å². The van der Waals surface area contributed by atoms with Gasteiger partial charge in [0, 0.05) is 23.6 Å². The Morgan fingerprint density at radius 3 is 1.90 bits per heavy atom. The molecule has 0 saturated heterocycles. The van der Waals surface area contributed by atoms with Gasteiger partial charge in [0.15, 0.2) is 11.6 Å². The van der Waals surface area contributed by atoms with Crippen LogP contribution in [0.5, 0.6) is 0 Å². The van der Waals surface area contributed by atoms with Crippen molar-refractivity contribution in [1.29, 1.82) is 0 Å². The van der Waals surface area contributed by atoms with Gasteiger partial charge in [0.25, 0.3) is 5.91 Å². The molecule has 0 aliphatic rings. The van der Waals surface area contributed by atoms with Crippen molar-refractivity contribution in [2.45, 2.75) is 66.3 Å². The highest BCUT2D eigenvalue weighted by molar-refractivity contribution is 8.02. The van der Waals surface area contributed by atoms with E-state index in [1.54, 1.807) is 25.1 Å². The maximum Gasteiger partial charge on any atom is 0.373 e. The first kappa shape index (κ1) is 45.2. The SMILES string of the molecule is CS/C(C)=C(\C(=O)CC(C)C)C(=O)Nc1cc(Cl)ccc1C.CSc1[nH]c2c(C)ccc(Cl)c2c(=O)c1C(=O)CC(C)C.O=C=O.O=C=O. The van der Waals surface area contributed by atoms with E-state index < -0.39 is 0 Å². The number of aromatic amines is 1. The van der Waals surface area contributed by atoms with Crippen LogP contribution in [0.15, 0.2) is 50.6 Å². The third kappa shape index (κ3) is 14.3. The number of aromatic nitrogens is 1. The summed E-state index contributed by atoms with van der Waals surface area (Å²) in [5.41, 5.74) is 3.36. The number of benzene rings is 2. The van der Waals surface area contributed by atoms with Crippen molar-refractivity contribution in [1.82, 2.24) is 4.98 Å².